The Morgan fingerprint density at radius 1 is 0.400 bits per heavy atom. The van der Waals surface area contributed by atoms with Crippen LogP contribution in [-0.4, -0.2) is 99.1 Å². The molecule has 0 heterocycles. The van der Waals surface area contributed by atoms with Crippen LogP contribution in [0.3, 0.4) is 0 Å². The number of aryl methyl sites for hydroxylation is 1. The molecule has 3 aromatic rings. The first kappa shape index (κ1) is 61.0. The van der Waals surface area contributed by atoms with Crippen LogP contribution < -0.4 is 14.2 Å². The standard InChI is InChI=1S/C34H38O12.C10H6Cl2O4.C6H12O2/c1-19-13-27(16-30(14-19)45-25(7)36)32(38)42-22(4)11-12-23(5)44-34(40)29-15-28(17-31(18-29)46-26(8)37)33(39)43-21(3)10-9-20(2)41-24(6)35;1-5(13)16-8-3-6(9(11)14)2-7(4-8)10(12)15;1-5(7)3-4-6(2)8/h9-18,20-23H,1-8H3;2-4H,1H3;3-8H,1-2H3/b10-9+,12-11+;;4-3+. The third kappa shape index (κ3) is 26.0. The summed E-state index contributed by atoms with van der Waals surface area (Å²) in [5.41, 5.74) is 0.797. The fourth-order valence-corrected chi connectivity index (χ4v) is 5.50. The molecule has 2 N–H and O–H groups in total. The van der Waals surface area contributed by atoms with E-state index >= 15 is 0 Å². The molecule has 0 aliphatic carbocycles. The molecule has 378 valence electrons. The summed E-state index contributed by atoms with van der Waals surface area (Å²) >= 11 is 10.5. The molecule has 0 aliphatic rings. The molecule has 0 aromatic heterocycles. The van der Waals surface area contributed by atoms with E-state index in [9.17, 15) is 43.2 Å². The minimum Gasteiger partial charge on any atom is -0.459 e. The molecule has 18 nitrogen and oxygen atoms in total. The van der Waals surface area contributed by atoms with E-state index in [-0.39, 0.29) is 45.1 Å². The van der Waals surface area contributed by atoms with Gasteiger partial charge in [-0.05, 0) is 156 Å². The van der Waals surface area contributed by atoms with E-state index in [1.54, 1.807) is 78.8 Å². The van der Waals surface area contributed by atoms with Crippen LogP contribution in [-0.2, 0) is 38.1 Å². The van der Waals surface area contributed by atoms with Crippen LogP contribution in [0.5, 0.6) is 17.2 Å². The van der Waals surface area contributed by atoms with Crippen molar-refractivity contribution < 1.29 is 86.5 Å². The Morgan fingerprint density at radius 3 is 0.957 bits per heavy atom. The Bertz CT molecular complexity index is 2410. The van der Waals surface area contributed by atoms with E-state index in [0.717, 1.165) is 0 Å². The molecule has 3 aromatic carbocycles. The molecule has 0 bridgehead atoms. The van der Waals surface area contributed by atoms with E-state index in [1.807, 2.05) is 0 Å². The minimum atomic E-state index is -0.828. The zero-order valence-corrected chi connectivity index (χ0v) is 41.8. The second-order valence-corrected chi connectivity index (χ2v) is 15.8. The third-order valence-corrected chi connectivity index (χ3v) is 8.45. The van der Waals surface area contributed by atoms with Crippen molar-refractivity contribution in [3.63, 3.8) is 0 Å². The lowest BCUT2D eigenvalue weighted by atomic mass is 10.1. The monoisotopic (exact) mass is 1010 g/mol. The fourth-order valence-electron chi connectivity index (χ4n) is 5.28. The first-order valence-electron chi connectivity index (χ1n) is 21.1. The molecular formula is C50H56Cl2O18. The highest BCUT2D eigenvalue weighted by atomic mass is 35.5. The molecule has 0 fully saturated rings. The van der Waals surface area contributed by atoms with Crippen LogP contribution in [0.4, 0.5) is 0 Å². The van der Waals surface area contributed by atoms with Gasteiger partial charge in [0.25, 0.3) is 10.5 Å². The molecule has 6 atom stereocenters. The highest BCUT2D eigenvalue weighted by molar-refractivity contribution is 6.69. The average Bonchev–Trinajstić information content (AvgIpc) is 3.23. The highest BCUT2D eigenvalue weighted by Gasteiger charge is 2.20. The molecule has 0 radical (unpaired) electrons. The maximum Gasteiger partial charge on any atom is 0.338 e. The largest absolute Gasteiger partial charge is 0.459 e. The fraction of sp³-hybridized carbons (Fsp3) is 0.340. The van der Waals surface area contributed by atoms with Gasteiger partial charge in [-0.1, -0.05) is 12.2 Å². The summed E-state index contributed by atoms with van der Waals surface area (Å²) in [6, 6.07) is 12.1. The van der Waals surface area contributed by atoms with Gasteiger partial charge < -0.3 is 43.4 Å². The van der Waals surface area contributed by atoms with Crippen molar-refractivity contribution in [2.45, 2.75) is 113 Å². The number of carbonyl (C=O) groups excluding carboxylic acids is 9. The maximum atomic E-state index is 13.0. The number of ether oxygens (including phenoxy) is 7. The average molecular weight is 1020 g/mol. The Balaban J connectivity index is 0.000000829. The summed E-state index contributed by atoms with van der Waals surface area (Å²) < 4.78 is 36.2. The van der Waals surface area contributed by atoms with Crippen LogP contribution in [0.25, 0.3) is 0 Å². The van der Waals surface area contributed by atoms with Gasteiger partial charge in [0.2, 0.25) is 0 Å². The second-order valence-electron chi connectivity index (χ2n) is 15.1. The Labute approximate surface area is 415 Å². The number of hydrogen-bond donors (Lipinski definition) is 2. The maximum absolute atomic E-state index is 13.0. The molecule has 20 heteroatoms. The van der Waals surface area contributed by atoms with Crippen molar-refractivity contribution in [1.29, 1.82) is 0 Å². The number of carbonyl (C=O) groups is 9. The number of aliphatic hydroxyl groups excluding tert-OH is 2. The van der Waals surface area contributed by atoms with E-state index in [4.69, 9.17) is 66.6 Å². The molecular weight excluding hydrogens is 959 g/mol. The number of halogens is 2. The zero-order chi connectivity index (χ0) is 53.4. The first-order valence-corrected chi connectivity index (χ1v) is 21.9. The van der Waals surface area contributed by atoms with Gasteiger partial charge in [0.15, 0.2) is 0 Å². The van der Waals surface area contributed by atoms with Gasteiger partial charge in [-0.15, -0.1) is 0 Å². The summed E-state index contributed by atoms with van der Waals surface area (Å²) in [7, 11) is 0. The Kier molecular flexibility index (Phi) is 26.6. The predicted molar refractivity (Wildman–Crippen MR) is 255 cm³/mol. The van der Waals surface area contributed by atoms with Gasteiger partial charge in [0.05, 0.1) is 28.9 Å². The summed E-state index contributed by atoms with van der Waals surface area (Å²) in [6.45, 7) is 16.3. The van der Waals surface area contributed by atoms with E-state index in [2.05, 4.69) is 0 Å². The number of hydrogen-bond acceptors (Lipinski definition) is 18. The molecule has 0 aliphatic heterocycles. The lowest BCUT2D eigenvalue weighted by Crippen LogP contribution is -2.18. The number of benzene rings is 3. The Hall–Kier alpha value is -6.99. The predicted octanol–water partition coefficient (Wildman–Crippen LogP) is 7.92. The molecule has 0 saturated carbocycles. The molecule has 0 spiro atoms. The lowest BCUT2D eigenvalue weighted by molar-refractivity contribution is -0.143. The van der Waals surface area contributed by atoms with Crippen LogP contribution >= 0.6 is 23.2 Å². The quantitative estimate of drug-likeness (QED) is 0.0403. The number of rotatable bonds is 18. The SMILES string of the molecule is CC(=O)Oc1cc(C(=O)Cl)cc(C(=O)Cl)c1.CC(=O)Oc1cc(C)cc(C(=O)OC(C)/C=C/C(C)OC(=O)c2cc(OC(C)=O)cc(C(=O)OC(C)/C=C/C(C)OC(C)=O)c2)c1.CC(O)/C=C/C(C)O. The lowest BCUT2D eigenvalue weighted by Gasteiger charge is -2.14. The minimum absolute atomic E-state index is 0.0319. The highest BCUT2D eigenvalue weighted by Crippen LogP contribution is 2.23. The first-order chi connectivity index (χ1) is 32.5. The van der Waals surface area contributed by atoms with Crippen LogP contribution in [0.15, 0.2) is 91.1 Å². The topological polar surface area (TPSA) is 259 Å². The summed E-state index contributed by atoms with van der Waals surface area (Å²) in [4.78, 5) is 105. The van der Waals surface area contributed by atoms with E-state index in [0.29, 0.717) is 5.56 Å². The van der Waals surface area contributed by atoms with Crippen molar-refractivity contribution in [1.82, 2.24) is 0 Å². The summed E-state index contributed by atoms with van der Waals surface area (Å²) in [5.74, 6) is -4.32. The second kappa shape index (κ2) is 30.5. The van der Waals surface area contributed by atoms with Crippen molar-refractivity contribution in [3.05, 3.63) is 124 Å². The van der Waals surface area contributed by atoms with E-state index in [1.165, 1.54) is 88.4 Å². The molecule has 70 heavy (non-hydrogen) atoms. The van der Waals surface area contributed by atoms with E-state index < -0.39 is 88.9 Å². The van der Waals surface area contributed by atoms with Crippen LogP contribution in [0.1, 0.15) is 127 Å². The number of aliphatic hydroxyl groups is 2. The summed E-state index contributed by atoms with van der Waals surface area (Å²) in [6.07, 6.45) is 5.54. The van der Waals surface area contributed by atoms with Crippen molar-refractivity contribution in [2.24, 2.45) is 0 Å². The van der Waals surface area contributed by atoms with Gasteiger partial charge in [0, 0.05) is 38.8 Å². The smallest absolute Gasteiger partial charge is 0.338 e. The van der Waals surface area contributed by atoms with Gasteiger partial charge >= 0.3 is 41.8 Å². The van der Waals surface area contributed by atoms with Crippen molar-refractivity contribution in [3.8, 4) is 17.2 Å². The normalized spacial score (nSPS) is 13.4. The number of esters is 7. The molecule has 6 unspecified atom stereocenters. The summed E-state index contributed by atoms with van der Waals surface area (Å²) in [5, 5.41) is 15.7. The van der Waals surface area contributed by atoms with Crippen LogP contribution in [0, 0.1) is 6.92 Å². The van der Waals surface area contributed by atoms with Gasteiger partial charge in [-0.2, -0.15) is 0 Å². The van der Waals surface area contributed by atoms with Gasteiger partial charge in [0.1, 0.15) is 41.7 Å². The molecule has 3 rings (SSSR count). The van der Waals surface area contributed by atoms with Gasteiger partial charge in [-0.3, -0.25) is 28.8 Å². The molecule has 0 amide bonds. The van der Waals surface area contributed by atoms with Gasteiger partial charge in [-0.25, -0.2) is 14.4 Å². The zero-order valence-electron chi connectivity index (χ0n) is 40.3. The third-order valence-electron chi connectivity index (χ3n) is 8.01. The van der Waals surface area contributed by atoms with Crippen LogP contribution in [0.2, 0.25) is 0 Å². The van der Waals surface area contributed by atoms with Crippen molar-refractivity contribution in [2.75, 3.05) is 0 Å². The Morgan fingerprint density at radius 2 is 0.671 bits per heavy atom. The van der Waals surface area contributed by atoms with Crippen molar-refractivity contribution >= 4 is 75.5 Å². The molecule has 0 saturated heterocycles.